The van der Waals surface area contributed by atoms with E-state index < -0.39 is 18.1 Å². The first-order chi connectivity index (χ1) is 19.0. The third kappa shape index (κ3) is 7.32. The summed E-state index contributed by atoms with van der Waals surface area (Å²) in [4.78, 5) is 39.7. The van der Waals surface area contributed by atoms with E-state index in [2.05, 4.69) is 5.32 Å². The van der Waals surface area contributed by atoms with Gasteiger partial charge in [0, 0.05) is 19.9 Å². The number of likely N-dealkylation sites (tertiary alicyclic amines) is 1. The van der Waals surface area contributed by atoms with E-state index in [1.165, 1.54) is 14.0 Å². The molecule has 1 N–H and O–H groups in total. The van der Waals surface area contributed by atoms with Crippen molar-refractivity contribution in [3.05, 3.63) is 107 Å². The number of methoxy groups -OCH3 is 1. The normalized spacial score (nSPS) is 15.9. The van der Waals surface area contributed by atoms with Crippen LogP contribution in [0, 0.1) is 0 Å². The van der Waals surface area contributed by atoms with Gasteiger partial charge in [-0.15, -0.1) is 0 Å². The number of nitrogens with one attached hydrogen (secondary N) is 1. The van der Waals surface area contributed by atoms with Crippen molar-refractivity contribution in [3.8, 4) is 0 Å². The highest BCUT2D eigenvalue weighted by atomic mass is 16.5. The van der Waals surface area contributed by atoms with Gasteiger partial charge in [0.2, 0.25) is 11.8 Å². The number of esters is 1. The van der Waals surface area contributed by atoms with Gasteiger partial charge < -0.3 is 15.0 Å². The lowest BCUT2D eigenvalue weighted by molar-refractivity contribution is -0.146. The molecule has 1 saturated heterocycles. The topological polar surface area (TPSA) is 75.7 Å². The molecule has 0 aromatic heterocycles. The van der Waals surface area contributed by atoms with E-state index >= 15 is 0 Å². The van der Waals surface area contributed by atoms with Gasteiger partial charge in [-0.05, 0) is 40.7 Å². The van der Waals surface area contributed by atoms with Gasteiger partial charge in [0.25, 0.3) is 0 Å². The molecule has 0 spiro atoms. The largest absolute Gasteiger partial charge is 0.467 e. The molecule has 0 saturated carbocycles. The Labute approximate surface area is 230 Å². The van der Waals surface area contributed by atoms with Crippen molar-refractivity contribution in [1.29, 1.82) is 0 Å². The predicted molar refractivity (Wildman–Crippen MR) is 155 cm³/mol. The van der Waals surface area contributed by atoms with E-state index in [-0.39, 0.29) is 18.2 Å². The quantitative estimate of drug-likeness (QED) is 0.308. The van der Waals surface area contributed by atoms with Crippen LogP contribution in [0.1, 0.15) is 47.6 Å². The molecule has 4 rings (SSSR count). The summed E-state index contributed by atoms with van der Waals surface area (Å²) in [5.74, 6) is -1.01. The molecular formula is C33H34N2O4. The third-order valence-corrected chi connectivity index (χ3v) is 6.93. The summed E-state index contributed by atoms with van der Waals surface area (Å²) in [5, 5.41) is 2.89. The molecule has 1 aliphatic rings. The van der Waals surface area contributed by atoms with Crippen molar-refractivity contribution in [2.45, 2.75) is 38.3 Å². The fourth-order valence-electron chi connectivity index (χ4n) is 4.90. The van der Waals surface area contributed by atoms with Gasteiger partial charge in [0.05, 0.1) is 7.11 Å². The fourth-order valence-corrected chi connectivity index (χ4v) is 4.90. The van der Waals surface area contributed by atoms with Crippen LogP contribution in [-0.2, 0) is 25.5 Å². The van der Waals surface area contributed by atoms with Gasteiger partial charge in [0.1, 0.15) is 12.1 Å². The third-order valence-electron chi connectivity index (χ3n) is 6.93. The molecule has 2 atom stereocenters. The maximum Gasteiger partial charge on any atom is 0.328 e. The fraction of sp³-hybridized carbons (Fsp3) is 0.242. The lowest BCUT2D eigenvalue weighted by Crippen LogP contribution is -2.51. The molecule has 0 unspecified atom stereocenters. The van der Waals surface area contributed by atoms with Crippen LogP contribution in [0.25, 0.3) is 24.3 Å². The summed E-state index contributed by atoms with van der Waals surface area (Å²) < 4.78 is 5.09. The van der Waals surface area contributed by atoms with E-state index in [0.29, 0.717) is 13.0 Å². The van der Waals surface area contributed by atoms with Gasteiger partial charge in [0.15, 0.2) is 0 Å². The molecule has 3 aromatic carbocycles. The summed E-state index contributed by atoms with van der Waals surface area (Å²) >= 11 is 0. The molecule has 1 aliphatic heterocycles. The smallest absolute Gasteiger partial charge is 0.328 e. The van der Waals surface area contributed by atoms with Crippen molar-refractivity contribution in [2.75, 3.05) is 13.7 Å². The molecule has 1 heterocycles. The Bertz CT molecular complexity index is 1280. The summed E-state index contributed by atoms with van der Waals surface area (Å²) in [6.07, 6.45) is 9.65. The Hall–Kier alpha value is -4.45. The summed E-state index contributed by atoms with van der Waals surface area (Å²) in [6, 6.07) is 24.4. The van der Waals surface area contributed by atoms with Crippen molar-refractivity contribution < 1.29 is 19.1 Å². The summed E-state index contributed by atoms with van der Waals surface area (Å²) in [5.41, 5.74) is 4.88. The molecule has 39 heavy (non-hydrogen) atoms. The summed E-state index contributed by atoms with van der Waals surface area (Å²) in [6.45, 7) is 2.00. The Balaban J connectivity index is 1.68. The van der Waals surface area contributed by atoms with E-state index in [1.54, 1.807) is 4.90 Å². The maximum absolute atomic E-state index is 13.2. The second-order valence-corrected chi connectivity index (χ2v) is 9.56. The van der Waals surface area contributed by atoms with Gasteiger partial charge in [-0.25, -0.2) is 4.79 Å². The zero-order valence-electron chi connectivity index (χ0n) is 22.4. The minimum Gasteiger partial charge on any atom is -0.467 e. The lowest BCUT2D eigenvalue weighted by Gasteiger charge is -2.25. The molecule has 6 nitrogen and oxygen atoms in total. The molecular weight excluding hydrogens is 488 g/mol. The van der Waals surface area contributed by atoms with Crippen LogP contribution in [0.4, 0.5) is 0 Å². The highest BCUT2D eigenvalue weighted by molar-refractivity contribution is 5.91. The lowest BCUT2D eigenvalue weighted by atomic mass is 9.93. The van der Waals surface area contributed by atoms with Gasteiger partial charge in [-0.1, -0.05) is 103 Å². The monoisotopic (exact) mass is 522 g/mol. The number of nitrogens with zero attached hydrogens (tertiary/aromatic N) is 1. The molecule has 6 heteroatoms. The number of amides is 2. The Kier molecular flexibility index (Phi) is 9.46. The minimum atomic E-state index is -0.910. The maximum atomic E-state index is 13.2. The zero-order valence-corrected chi connectivity index (χ0v) is 22.4. The number of rotatable bonds is 9. The van der Waals surface area contributed by atoms with Gasteiger partial charge >= 0.3 is 5.97 Å². The van der Waals surface area contributed by atoms with Gasteiger partial charge in [-0.2, -0.15) is 0 Å². The number of hydrogen-bond donors (Lipinski definition) is 1. The van der Waals surface area contributed by atoms with Crippen LogP contribution in [0.5, 0.6) is 0 Å². The van der Waals surface area contributed by atoms with Crippen LogP contribution in [0.15, 0.2) is 78.9 Å². The van der Waals surface area contributed by atoms with Crippen molar-refractivity contribution >= 4 is 42.1 Å². The number of ether oxygens (including phenoxy) is 1. The number of carbonyl (C=O) groups is 3. The van der Waals surface area contributed by atoms with E-state index in [9.17, 15) is 14.4 Å². The van der Waals surface area contributed by atoms with Crippen LogP contribution in [0.2, 0.25) is 0 Å². The molecule has 3 aromatic rings. The number of hydrogen-bond acceptors (Lipinski definition) is 4. The number of carbonyl (C=O) groups excluding carboxylic acids is 3. The molecule has 0 radical (unpaired) electrons. The standard InChI is InChI=1S/C33H34N2O4/c1-24(36)35-22-10-17-31(35)32(37)34-30(33(38)39-2)23-29-27(20-18-25-11-5-3-6-12-25)15-9-16-28(29)21-19-26-13-7-4-8-14-26/h3-9,11-16,18-21,30-31H,10,17,22-23H2,1-2H3,(H,34,37)/b20-18+,21-19+/t30-,31-/m0/s1. The highest BCUT2D eigenvalue weighted by Gasteiger charge is 2.35. The first-order valence-electron chi connectivity index (χ1n) is 13.2. The van der Waals surface area contributed by atoms with E-state index in [4.69, 9.17) is 4.74 Å². The number of benzene rings is 3. The molecule has 2 amide bonds. The SMILES string of the molecule is COC(=O)[C@H](Cc1c(/C=C/c2ccccc2)cccc1/C=C/c1ccccc1)NC(=O)[C@@H]1CCCN1C(C)=O. The average molecular weight is 523 g/mol. The van der Waals surface area contributed by atoms with E-state index in [0.717, 1.165) is 34.2 Å². The first-order valence-corrected chi connectivity index (χ1v) is 13.2. The second-order valence-electron chi connectivity index (χ2n) is 9.56. The second kappa shape index (κ2) is 13.4. The Morgan fingerprint density at radius 2 is 1.44 bits per heavy atom. The predicted octanol–water partition coefficient (Wildman–Crippen LogP) is 5.24. The van der Waals surface area contributed by atoms with Crippen LogP contribution < -0.4 is 5.32 Å². The molecule has 0 aliphatic carbocycles. The summed E-state index contributed by atoms with van der Waals surface area (Å²) in [7, 11) is 1.32. The van der Waals surface area contributed by atoms with Crippen LogP contribution in [-0.4, -0.2) is 48.4 Å². The van der Waals surface area contributed by atoms with Crippen molar-refractivity contribution in [3.63, 3.8) is 0 Å². The molecule has 0 bridgehead atoms. The Morgan fingerprint density at radius 3 is 1.95 bits per heavy atom. The molecule has 1 fully saturated rings. The van der Waals surface area contributed by atoms with Crippen LogP contribution in [0.3, 0.4) is 0 Å². The van der Waals surface area contributed by atoms with Gasteiger partial charge in [-0.3, -0.25) is 9.59 Å². The highest BCUT2D eigenvalue weighted by Crippen LogP contribution is 2.24. The van der Waals surface area contributed by atoms with Crippen molar-refractivity contribution in [1.82, 2.24) is 10.2 Å². The average Bonchev–Trinajstić information content (AvgIpc) is 3.47. The van der Waals surface area contributed by atoms with Crippen LogP contribution >= 0.6 is 0 Å². The van der Waals surface area contributed by atoms with E-state index in [1.807, 2.05) is 103 Å². The zero-order chi connectivity index (χ0) is 27.6. The molecule has 200 valence electrons. The van der Waals surface area contributed by atoms with Crippen molar-refractivity contribution in [2.24, 2.45) is 0 Å². The Morgan fingerprint density at radius 1 is 0.872 bits per heavy atom. The minimum absolute atomic E-state index is 0.146. The first kappa shape index (κ1) is 27.6.